The first kappa shape index (κ1) is 17.9. The van der Waals surface area contributed by atoms with Crippen molar-refractivity contribution in [1.29, 1.82) is 0 Å². The van der Waals surface area contributed by atoms with E-state index >= 15 is 0 Å². The standard InChI is InChI=1S/C19H26N4OS/c1-13(2)16-12-17(22-19(20)21-16)18(24)23-10-4-3-6-14(23)8-9-15-7-5-11-25-15/h5,7,11-14H,3-4,6,8-10H2,1-2H3,(H2,20,21,22). The fourth-order valence-electron chi connectivity index (χ4n) is 3.37. The predicted octanol–water partition coefficient (Wildman–Crippen LogP) is 3.87. The molecule has 25 heavy (non-hydrogen) atoms. The highest BCUT2D eigenvalue weighted by atomic mass is 32.1. The molecule has 1 aliphatic heterocycles. The van der Waals surface area contributed by atoms with Crippen LogP contribution in [0.25, 0.3) is 0 Å². The van der Waals surface area contributed by atoms with E-state index in [1.165, 1.54) is 11.3 Å². The molecule has 0 radical (unpaired) electrons. The molecule has 0 aliphatic carbocycles. The van der Waals surface area contributed by atoms with Crippen molar-refractivity contribution in [1.82, 2.24) is 14.9 Å². The molecular weight excluding hydrogens is 332 g/mol. The molecule has 3 rings (SSSR count). The van der Waals surface area contributed by atoms with E-state index in [4.69, 9.17) is 5.73 Å². The molecule has 5 nitrogen and oxygen atoms in total. The van der Waals surface area contributed by atoms with Gasteiger partial charge in [0.05, 0.1) is 0 Å². The lowest BCUT2D eigenvalue weighted by Gasteiger charge is -2.35. The van der Waals surface area contributed by atoms with Crippen LogP contribution in [0.3, 0.4) is 0 Å². The van der Waals surface area contributed by atoms with Crippen molar-refractivity contribution >= 4 is 23.2 Å². The quantitative estimate of drug-likeness (QED) is 0.880. The van der Waals surface area contributed by atoms with Crippen molar-refractivity contribution < 1.29 is 4.79 Å². The summed E-state index contributed by atoms with van der Waals surface area (Å²) in [6, 6.07) is 6.33. The number of rotatable bonds is 5. The van der Waals surface area contributed by atoms with Crippen LogP contribution in [0.1, 0.15) is 66.5 Å². The van der Waals surface area contributed by atoms with Crippen molar-refractivity contribution in [2.75, 3.05) is 12.3 Å². The number of hydrogen-bond donors (Lipinski definition) is 1. The van der Waals surface area contributed by atoms with E-state index in [-0.39, 0.29) is 23.8 Å². The molecule has 0 bridgehead atoms. The molecule has 0 spiro atoms. The zero-order chi connectivity index (χ0) is 17.8. The number of anilines is 1. The van der Waals surface area contributed by atoms with Crippen molar-refractivity contribution in [3.05, 3.63) is 39.8 Å². The number of nitrogens with zero attached hydrogens (tertiary/aromatic N) is 3. The van der Waals surface area contributed by atoms with Gasteiger partial charge >= 0.3 is 0 Å². The van der Waals surface area contributed by atoms with Crippen molar-refractivity contribution in [2.45, 2.75) is 57.9 Å². The molecule has 3 heterocycles. The third kappa shape index (κ3) is 4.37. The highest BCUT2D eigenvalue weighted by Crippen LogP contribution is 2.25. The number of thiophene rings is 1. The molecular formula is C19H26N4OS. The largest absolute Gasteiger partial charge is 0.368 e. The Labute approximate surface area is 153 Å². The van der Waals surface area contributed by atoms with Crippen molar-refractivity contribution in [3.63, 3.8) is 0 Å². The zero-order valence-electron chi connectivity index (χ0n) is 14.9. The molecule has 1 amide bonds. The third-order valence-electron chi connectivity index (χ3n) is 4.77. The molecule has 134 valence electrons. The molecule has 1 fully saturated rings. The van der Waals surface area contributed by atoms with E-state index < -0.39 is 0 Å². The SMILES string of the molecule is CC(C)c1cc(C(=O)N2CCCCC2CCc2cccs2)nc(N)n1. The number of piperidine rings is 1. The summed E-state index contributed by atoms with van der Waals surface area (Å²) in [5, 5.41) is 2.11. The van der Waals surface area contributed by atoms with Gasteiger partial charge in [0.1, 0.15) is 5.69 Å². The summed E-state index contributed by atoms with van der Waals surface area (Å²) in [5.41, 5.74) is 7.08. The van der Waals surface area contributed by atoms with Gasteiger partial charge in [0.25, 0.3) is 5.91 Å². The molecule has 1 saturated heterocycles. The Kier molecular flexibility index (Phi) is 5.68. The topological polar surface area (TPSA) is 72.1 Å². The van der Waals surface area contributed by atoms with Gasteiger partial charge in [-0.3, -0.25) is 4.79 Å². The van der Waals surface area contributed by atoms with E-state index in [0.29, 0.717) is 5.69 Å². The Hall–Kier alpha value is -1.95. The molecule has 1 unspecified atom stereocenters. The number of aryl methyl sites for hydroxylation is 1. The van der Waals surface area contributed by atoms with Gasteiger partial charge in [-0.1, -0.05) is 19.9 Å². The minimum absolute atomic E-state index is 0.00752. The molecule has 6 heteroatoms. The van der Waals surface area contributed by atoms with Gasteiger partial charge in [-0.25, -0.2) is 9.97 Å². The average Bonchev–Trinajstić information content (AvgIpc) is 3.12. The molecule has 1 atom stereocenters. The lowest BCUT2D eigenvalue weighted by atomic mass is 9.97. The minimum Gasteiger partial charge on any atom is -0.368 e. The van der Waals surface area contributed by atoms with Crippen LogP contribution >= 0.6 is 11.3 Å². The number of likely N-dealkylation sites (tertiary alicyclic amines) is 1. The Morgan fingerprint density at radius 3 is 2.96 bits per heavy atom. The van der Waals surface area contributed by atoms with Crippen molar-refractivity contribution in [2.24, 2.45) is 0 Å². The summed E-state index contributed by atoms with van der Waals surface area (Å²) in [6.45, 7) is 4.89. The van der Waals surface area contributed by atoms with Crippen LogP contribution in [0.2, 0.25) is 0 Å². The first-order valence-corrected chi connectivity index (χ1v) is 9.90. The van der Waals surface area contributed by atoms with Crippen LogP contribution in [0.15, 0.2) is 23.6 Å². The number of aromatic nitrogens is 2. The van der Waals surface area contributed by atoms with Gasteiger partial charge in [0.2, 0.25) is 5.95 Å². The van der Waals surface area contributed by atoms with E-state index in [1.54, 1.807) is 17.4 Å². The summed E-state index contributed by atoms with van der Waals surface area (Å²) in [4.78, 5) is 24.9. The number of carbonyl (C=O) groups excluding carboxylic acids is 1. The molecule has 2 N–H and O–H groups in total. The van der Waals surface area contributed by atoms with Gasteiger partial charge in [0.15, 0.2) is 0 Å². The van der Waals surface area contributed by atoms with Gasteiger partial charge in [-0.2, -0.15) is 0 Å². The Morgan fingerprint density at radius 2 is 2.24 bits per heavy atom. The van der Waals surface area contributed by atoms with Crippen LogP contribution in [0, 0.1) is 0 Å². The fraction of sp³-hybridized carbons (Fsp3) is 0.526. The van der Waals surface area contributed by atoms with E-state index in [2.05, 4.69) is 27.5 Å². The monoisotopic (exact) mass is 358 g/mol. The first-order chi connectivity index (χ1) is 12.0. The lowest BCUT2D eigenvalue weighted by molar-refractivity contribution is 0.0596. The van der Waals surface area contributed by atoms with Crippen LogP contribution in [0.4, 0.5) is 5.95 Å². The summed E-state index contributed by atoms with van der Waals surface area (Å²) in [7, 11) is 0. The molecule has 0 aromatic carbocycles. The Balaban J connectivity index is 1.76. The minimum atomic E-state index is -0.00752. The van der Waals surface area contributed by atoms with Gasteiger partial charge in [-0.05, 0) is 55.5 Å². The third-order valence-corrected chi connectivity index (χ3v) is 5.70. The number of carbonyl (C=O) groups is 1. The smallest absolute Gasteiger partial charge is 0.272 e. The Bertz CT molecular complexity index is 714. The Morgan fingerprint density at radius 1 is 1.40 bits per heavy atom. The maximum atomic E-state index is 13.1. The molecule has 0 saturated carbocycles. The normalized spacial score (nSPS) is 17.9. The molecule has 2 aromatic heterocycles. The molecule has 1 aliphatic rings. The summed E-state index contributed by atoms with van der Waals surface area (Å²) in [5.74, 6) is 0.390. The number of nitrogen functional groups attached to an aromatic ring is 1. The zero-order valence-corrected chi connectivity index (χ0v) is 15.8. The van der Waals surface area contributed by atoms with Crippen LogP contribution in [0.5, 0.6) is 0 Å². The highest BCUT2D eigenvalue weighted by molar-refractivity contribution is 7.09. The maximum Gasteiger partial charge on any atom is 0.272 e. The number of nitrogens with two attached hydrogens (primary N) is 1. The summed E-state index contributed by atoms with van der Waals surface area (Å²) in [6.07, 6.45) is 5.33. The van der Waals surface area contributed by atoms with Crippen molar-refractivity contribution in [3.8, 4) is 0 Å². The second-order valence-electron chi connectivity index (χ2n) is 6.96. The summed E-state index contributed by atoms with van der Waals surface area (Å²) < 4.78 is 0. The fourth-order valence-corrected chi connectivity index (χ4v) is 4.09. The van der Waals surface area contributed by atoms with Gasteiger partial charge in [0, 0.05) is 23.2 Å². The van der Waals surface area contributed by atoms with E-state index in [9.17, 15) is 4.79 Å². The highest BCUT2D eigenvalue weighted by Gasteiger charge is 2.28. The number of amides is 1. The summed E-state index contributed by atoms with van der Waals surface area (Å²) >= 11 is 1.78. The first-order valence-electron chi connectivity index (χ1n) is 9.02. The van der Waals surface area contributed by atoms with Gasteiger partial charge < -0.3 is 10.6 Å². The van der Waals surface area contributed by atoms with E-state index in [1.807, 2.05) is 18.7 Å². The average molecular weight is 359 g/mol. The predicted molar refractivity (Wildman–Crippen MR) is 102 cm³/mol. The molecule has 2 aromatic rings. The van der Waals surface area contributed by atoms with Crippen LogP contribution < -0.4 is 5.73 Å². The second kappa shape index (κ2) is 7.95. The van der Waals surface area contributed by atoms with Crippen LogP contribution in [-0.4, -0.2) is 33.4 Å². The van der Waals surface area contributed by atoms with E-state index in [0.717, 1.165) is 37.9 Å². The van der Waals surface area contributed by atoms with Gasteiger partial charge in [-0.15, -0.1) is 11.3 Å². The lowest BCUT2D eigenvalue weighted by Crippen LogP contribution is -2.44. The maximum absolute atomic E-state index is 13.1. The number of hydrogen-bond acceptors (Lipinski definition) is 5. The van der Waals surface area contributed by atoms with Crippen LogP contribution in [-0.2, 0) is 6.42 Å². The second-order valence-corrected chi connectivity index (χ2v) is 7.99.